The fraction of sp³-hybridized carbons (Fsp3) is 0.556. The molecule has 14 heavy (non-hydrogen) atoms. The van der Waals surface area contributed by atoms with Crippen molar-refractivity contribution in [3.8, 4) is 0 Å². The number of aryl methyl sites for hydroxylation is 1. The number of hydrogen-bond acceptors (Lipinski definition) is 3. The van der Waals surface area contributed by atoms with E-state index < -0.39 is 0 Å². The molecule has 1 aromatic rings. The van der Waals surface area contributed by atoms with Crippen LogP contribution in [-0.2, 0) is 0 Å². The maximum atomic E-state index is 5.89. The first-order chi connectivity index (χ1) is 6.68. The summed E-state index contributed by atoms with van der Waals surface area (Å²) in [5.41, 5.74) is 0.744. The van der Waals surface area contributed by atoms with E-state index in [9.17, 15) is 0 Å². The van der Waals surface area contributed by atoms with Crippen LogP contribution in [0.15, 0.2) is 0 Å². The Labute approximate surface area is 93.1 Å². The fourth-order valence-corrected chi connectivity index (χ4v) is 1.87. The molecule has 0 spiro atoms. The molecule has 1 aliphatic rings. The Kier molecular flexibility index (Phi) is 2.79. The van der Waals surface area contributed by atoms with Crippen LogP contribution in [0.5, 0.6) is 0 Å². The second kappa shape index (κ2) is 3.91. The van der Waals surface area contributed by atoms with Gasteiger partial charge < -0.3 is 4.90 Å². The molecule has 1 fully saturated rings. The molecule has 2 rings (SSSR count). The number of nitrogens with zero attached hydrogens (tertiary/aromatic N) is 3. The van der Waals surface area contributed by atoms with Gasteiger partial charge in [-0.1, -0.05) is 23.2 Å². The van der Waals surface area contributed by atoms with Gasteiger partial charge in [-0.25, -0.2) is 4.98 Å². The molecule has 0 radical (unpaired) electrons. The molecule has 0 saturated carbocycles. The smallest absolute Gasteiger partial charge is 0.227 e. The van der Waals surface area contributed by atoms with Gasteiger partial charge in [0.1, 0.15) is 0 Å². The van der Waals surface area contributed by atoms with Crippen LogP contribution in [0.2, 0.25) is 10.2 Å². The van der Waals surface area contributed by atoms with Crippen molar-refractivity contribution in [3.63, 3.8) is 0 Å². The monoisotopic (exact) mass is 231 g/mol. The Morgan fingerprint density at radius 2 is 1.79 bits per heavy atom. The van der Waals surface area contributed by atoms with Gasteiger partial charge in [0.05, 0.1) is 10.7 Å². The van der Waals surface area contributed by atoms with Crippen molar-refractivity contribution in [3.05, 3.63) is 15.9 Å². The van der Waals surface area contributed by atoms with Gasteiger partial charge in [0, 0.05) is 13.1 Å². The van der Waals surface area contributed by atoms with Gasteiger partial charge in [0.25, 0.3) is 0 Å². The van der Waals surface area contributed by atoms with Gasteiger partial charge in [-0.3, -0.25) is 0 Å². The van der Waals surface area contributed by atoms with E-state index in [0.29, 0.717) is 16.1 Å². The van der Waals surface area contributed by atoms with Crippen LogP contribution in [0.3, 0.4) is 0 Å². The number of rotatable bonds is 1. The Hall–Kier alpha value is -0.540. The summed E-state index contributed by atoms with van der Waals surface area (Å²) in [5.74, 6) is 0.703. The predicted molar refractivity (Wildman–Crippen MR) is 58.2 cm³/mol. The number of aromatic nitrogens is 2. The summed E-state index contributed by atoms with van der Waals surface area (Å²) in [6, 6.07) is 0. The van der Waals surface area contributed by atoms with Gasteiger partial charge in [-0.2, -0.15) is 4.98 Å². The van der Waals surface area contributed by atoms with Crippen molar-refractivity contribution in [1.82, 2.24) is 9.97 Å². The summed E-state index contributed by atoms with van der Waals surface area (Å²) in [7, 11) is 0. The van der Waals surface area contributed by atoms with E-state index in [1.165, 1.54) is 12.8 Å². The summed E-state index contributed by atoms with van der Waals surface area (Å²) in [5, 5.41) is 0.802. The van der Waals surface area contributed by atoms with E-state index in [1.54, 1.807) is 0 Å². The molecular formula is C9H11Cl2N3. The molecule has 3 nitrogen and oxygen atoms in total. The quantitative estimate of drug-likeness (QED) is 0.697. The van der Waals surface area contributed by atoms with Crippen molar-refractivity contribution in [1.29, 1.82) is 0 Å². The molecule has 5 heteroatoms. The summed E-state index contributed by atoms with van der Waals surface area (Å²) in [6.45, 7) is 3.87. The maximum absolute atomic E-state index is 5.89. The second-order valence-electron chi connectivity index (χ2n) is 3.41. The van der Waals surface area contributed by atoms with E-state index >= 15 is 0 Å². The van der Waals surface area contributed by atoms with E-state index in [0.717, 1.165) is 18.8 Å². The highest BCUT2D eigenvalue weighted by atomic mass is 35.5. The summed E-state index contributed by atoms with van der Waals surface area (Å²) >= 11 is 11.8. The average molecular weight is 232 g/mol. The van der Waals surface area contributed by atoms with Crippen LogP contribution < -0.4 is 4.90 Å². The Morgan fingerprint density at radius 3 is 2.36 bits per heavy atom. The molecule has 1 aromatic heterocycles. The summed E-state index contributed by atoms with van der Waals surface area (Å²) in [6.07, 6.45) is 2.39. The standard InChI is InChI=1S/C9H11Cl2N3/c1-6-7(10)8(11)13-9(12-6)14-4-2-3-5-14/h2-5H2,1H3. The number of hydrogen-bond donors (Lipinski definition) is 0. The second-order valence-corrected chi connectivity index (χ2v) is 4.14. The Bertz CT molecular complexity index is 325. The lowest BCUT2D eigenvalue weighted by Crippen LogP contribution is -2.20. The Balaban J connectivity index is 2.34. The largest absolute Gasteiger partial charge is 0.341 e. The highest BCUT2D eigenvalue weighted by Gasteiger charge is 2.17. The van der Waals surface area contributed by atoms with E-state index in [-0.39, 0.29) is 0 Å². The van der Waals surface area contributed by atoms with E-state index in [2.05, 4.69) is 14.9 Å². The molecule has 0 bridgehead atoms. The van der Waals surface area contributed by atoms with Crippen molar-refractivity contribution in [2.24, 2.45) is 0 Å². The van der Waals surface area contributed by atoms with Crippen LogP contribution in [0.4, 0.5) is 5.95 Å². The number of halogens is 2. The molecular weight excluding hydrogens is 221 g/mol. The van der Waals surface area contributed by atoms with Gasteiger partial charge in [0.2, 0.25) is 5.95 Å². The third-order valence-electron chi connectivity index (χ3n) is 2.35. The highest BCUT2D eigenvalue weighted by molar-refractivity contribution is 6.41. The van der Waals surface area contributed by atoms with Crippen molar-refractivity contribution >= 4 is 29.2 Å². The molecule has 0 N–H and O–H groups in total. The first-order valence-corrected chi connectivity index (χ1v) is 5.38. The van der Waals surface area contributed by atoms with Crippen LogP contribution in [0.25, 0.3) is 0 Å². The lowest BCUT2D eigenvalue weighted by molar-refractivity contribution is 0.889. The molecule has 0 unspecified atom stereocenters. The first-order valence-electron chi connectivity index (χ1n) is 4.63. The molecule has 0 aliphatic carbocycles. The lowest BCUT2D eigenvalue weighted by Gasteiger charge is -2.15. The van der Waals surface area contributed by atoms with Gasteiger partial charge in [-0.05, 0) is 19.8 Å². The van der Waals surface area contributed by atoms with Crippen molar-refractivity contribution in [2.75, 3.05) is 18.0 Å². The minimum atomic E-state index is 0.348. The zero-order valence-electron chi connectivity index (χ0n) is 7.93. The van der Waals surface area contributed by atoms with Gasteiger partial charge >= 0.3 is 0 Å². The molecule has 1 aliphatic heterocycles. The molecule has 0 aromatic carbocycles. The predicted octanol–water partition coefficient (Wildman–Crippen LogP) is 2.69. The van der Waals surface area contributed by atoms with Crippen LogP contribution in [-0.4, -0.2) is 23.1 Å². The molecule has 0 atom stereocenters. The first kappa shape index (κ1) is 9.99. The molecule has 0 amide bonds. The molecule has 2 heterocycles. The van der Waals surface area contributed by atoms with Crippen LogP contribution >= 0.6 is 23.2 Å². The molecule has 1 saturated heterocycles. The zero-order chi connectivity index (χ0) is 10.1. The zero-order valence-corrected chi connectivity index (χ0v) is 9.44. The van der Waals surface area contributed by atoms with Crippen molar-refractivity contribution < 1.29 is 0 Å². The number of anilines is 1. The van der Waals surface area contributed by atoms with Crippen LogP contribution in [0.1, 0.15) is 18.5 Å². The van der Waals surface area contributed by atoms with Gasteiger partial charge in [0.15, 0.2) is 5.15 Å². The van der Waals surface area contributed by atoms with Crippen molar-refractivity contribution in [2.45, 2.75) is 19.8 Å². The molecule has 76 valence electrons. The minimum Gasteiger partial charge on any atom is -0.341 e. The van der Waals surface area contributed by atoms with Gasteiger partial charge in [-0.15, -0.1) is 0 Å². The third kappa shape index (κ3) is 1.79. The lowest BCUT2D eigenvalue weighted by atomic mass is 10.4. The summed E-state index contributed by atoms with van der Waals surface area (Å²) < 4.78 is 0. The van der Waals surface area contributed by atoms with E-state index in [4.69, 9.17) is 23.2 Å². The van der Waals surface area contributed by atoms with E-state index in [1.807, 2.05) is 6.92 Å². The highest BCUT2D eigenvalue weighted by Crippen LogP contribution is 2.26. The minimum absolute atomic E-state index is 0.348. The topological polar surface area (TPSA) is 29.0 Å². The Morgan fingerprint density at radius 1 is 1.14 bits per heavy atom. The fourth-order valence-electron chi connectivity index (χ4n) is 1.57. The van der Waals surface area contributed by atoms with Crippen LogP contribution in [0, 0.1) is 6.92 Å². The summed E-state index contributed by atoms with van der Waals surface area (Å²) in [4.78, 5) is 10.6. The maximum Gasteiger partial charge on any atom is 0.227 e. The normalized spacial score (nSPS) is 16.4. The third-order valence-corrected chi connectivity index (χ3v) is 3.18. The SMILES string of the molecule is Cc1nc(N2CCCC2)nc(Cl)c1Cl. The average Bonchev–Trinajstić information content (AvgIpc) is 2.66.